The highest BCUT2D eigenvalue weighted by atomic mass is 35.5. The van der Waals surface area contributed by atoms with Gasteiger partial charge in [0, 0.05) is 6.07 Å². The molecular formula is C13H9ClN2OS. The average molecular weight is 277 g/mol. The number of anilines is 2. The number of fused-ring (bicyclic) bond motifs is 1. The molecule has 0 radical (unpaired) electrons. The highest BCUT2D eigenvalue weighted by Gasteiger charge is 2.07. The number of phenolic OH excluding ortho intramolecular Hbond substituents is 1. The van der Waals surface area contributed by atoms with E-state index in [-0.39, 0.29) is 5.75 Å². The largest absolute Gasteiger partial charge is 0.506 e. The van der Waals surface area contributed by atoms with Crippen molar-refractivity contribution in [2.24, 2.45) is 0 Å². The Balaban J connectivity index is 2.04. The minimum absolute atomic E-state index is 0.187. The number of nitrogens with one attached hydrogen (secondary N) is 1. The molecule has 0 bridgehead atoms. The van der Waals surface area contributed by atoms with E-state index in [0.29, 0.717) is 10.7 Å². The number of phenols is 1. The zero-order chi connectivity index (χ0) is 12.5. The van der Waals surface area contributed by atoms with Gasteiger partial charge in [0.05, 0.1) is 32.1 Å². The van der Waals surface area contributed by atoms with E-state index in [1.807, 2.05) is 24.3 Å². The summed E-state index contributed by atoms with van der Waals surface area (Å²) in [6, 6.07) is 10.9. The van der Waals surface area contributed by atoms with Gasteiger partial charge in [-0.3, -0.25) is 0 Å². The summed E-state index contributed by atoms with van der Waals surface area (Å²) in [6.45, 7) is 0. The Labute approximate surface area is 113 Å². The van der Waals surface area contributed by atoms with Gasteiger partial charge in [-0.2, -0.15) is 0 Å². The van der Waals surface area contributed by atoms with Crippen molar-refractivity contribution in [1.29, 1.82) is 0 Å². The minimum Gasteiger partial charge on any atom is -0.506 e. The maximum Gasteiger partial charge on any atom is 0.140 e. The predicted octanol–water partition coefficient (Wildman–Crippen LogP) is 4.40. The number of aromatic hydroxyl groups is 1. The van der Waals surface area contributed by atoms with Gasteiger partial charge in [0.1, 0.15) is 5.75 Å². The molecule has 0 unspecified atom stereocenters. The molecular weight excluding hydrogens is 268 g/mol. The number of benzene rings is 2. The highest BCUT2D eigenvalue weighted by Crippen LogP contribution is 2.34. The Morgan fingerprint density at radius 2 is 2.00 bits per heavy atom. The maximum atomic E-state index is 9.95. The van der Waals surface area contributed by atoms with Gasteiger partial charge in [0.15, 0.2) is 0 Å². The van der Waals surface area contributed by atoms with Gasteiger partial charge in [-0.05, 0) is 18.2 Å². The van der Waals surface area contributed by atoms with Gasteiger partial charge in [-0.1, -0.05) is 23.7 Å². The van der Waals surface area contributed by atoms with E-state index < -0.39 is 0 Å². The fourth-order valence-corrected chi connectivity index (χ4v) is 2.58. The third kappa shape index (κ3) is 2.00. The number of thiazole rings is 1. The van der Waals surface area contributed by atoms with Crippen LogP contribution in [0.1, 0.15) is 0 Å². The molecule has 0 spiro atoms. The van der Waals surface area contributed by atoms with Crippen molar-refractivity contribution in [2.75, 3.05) is 5.32 Å². The molecule has 0 atom stereocenters. The van der Waals surface area contributed by atoms with E-state index >= 15 is 0 Å². The Bertz CT molecular complexity index is 711. The first-order valence-electron chi connectivity index (χ1n) is 5.32. The number of hydrogen-bond acceptors (Lipinski definition) is 4. The van der Waals surface area contributed by atoms with Crippen molar-refractivity contribution in [2.45, 2.75) is 0 Å². The molecule has 1 heterocycles. The second-order valence-corrected chi connectivity index (χ2v) is 5.09. The number of hydrogen-bond donors (Lipinski definition) is 2. The van der Waals surface area contributed by atoms with Crippen LogP contribution in [-0.2, 0) is 0 Å². The SMILES string of the molecule is Oc1cc2scnc2cc1Nc1ccccc1Cl. The summed E-state index contributed by atoms with van der Waals surface area (Å²) in [4.78, 5) is 4.22. The summed E-state index contributed by atoms with van der Waals surface area (Å²) in [6.07, 6.45) is 0. The van der Waals surface area contributed by atoms with Gasteiger partial charge >= 0.3 is 0 Å². The number of rotatable bonds is 2. The van der Waals surface area contributed by atoms with Crippen LogP contribution in [-0.4, -0.2) is 10.1 Å². The number of aromatic nitrogens is 1. The van der Waals surface area contributed by atoms with E-state index in [1.54, 1.807) is 17.6 Å². The topological polar surface area (TPSA) is 45.2 Å². The zero-order valence-corrected chi connectivity index (χ0v) is 10.8. The molecule has 3 rings (SSSR count). The molecule has 0 fully saturated rings. The zero-order valence-electron chi connectivity index (χ0n) is 9.22. The van der Waals surface area contributed by atoms with E-state index in [2.05, 4.69) is 10.3 Å². The van der Waals surface area contributed by atoms with E-state index in [1.165, 1.54) is 11.3 Å². The summed E-state index contributed by atoms with van der Waals surface area (Å²) in [7, 11) is 0. The molecule has 18 heavy (non-hydrogen) atoms. The van der Waals surface area contributed by atoms with Crippen LogP contribution < -0.4 is 5.32 Å². The fourth-order valence-electron chi connectivity index (χ4n) is 1.70. The van der Waals surface area contributed by atoms with Crippen LogP contribution in [0.5, 0.6) is 5.75 Å². The van der Waals surface area contributed by atoms with Crippen molar-refractivity contribution < 1.29 is 5.11 Å². The molecule has 0 saturated heterocycles. The van der Waals surface area contributed by atoms with Crippen molar-refractivity contribution in [3.63, 3.8) is 0 Å². The van der Waals surface area contributed by atoms with Crippen LogP contribution >= 0.6 is 22.9 Å². The number of nitrogens with zero attached hydrogens (tertiary/aromatic N) is 1. The average Bonchev–Trinajstić information content (AvgIpc) is 2.79. The summed E-state index contributed by atoms with van der Waals surface area (Å²) < 4.78 is 0.956. The molecule has 0 saturated carbocycles. The van der Waals surface area contributed by atoms with Crippen molar-refractivity contribution in [3.05, 3.63) is 46.9 Å². The molecule has 2 aromatic carbocycles. The molecule has 2 N–H and O–H groups in total. The monoisotopic (exact) mass is 276 g/mol. The smallest absolute Gasteiger partial charge is 0.140 e. The molecule has 1 aromatic heterocycles. The van der Waals surface area contributed by atoms with Gasteiger partial charge < -0.3 is 10.4 Å². The molecule has 0 aliphatic heterocycles. The standard InChI is InChI=1S/C13H9ClN2OS/c14-8-3-1-2-4-9(8)16-10-5-11-13(6-12(10)17)18-7-15-11/h1-7,16-17H. The fraction of sp³-hybridized carbons (Fsp3) is 0. The molecule has 0 aliphatic rings. The molecule has 3 nitrogen and oxygen atoms in total. The summed E-state index contributed by atoms with van der Waals surface area (Å²) in [5, 5.41) is 13.7. The maximum absolute atomic E-state index is 9.95. The first kappa shape index (κ1) is 11.3. The van der Waals surface area contributed by atoms with Crippen molar-refractivity contribution >= 4 is 44.5 Å². The third-order valence-corrected chi connectivity index (χ3v) is 3.71. The van der Waals surface area contributed by atoms with Gasteiger partial charge in [0.2, 0.25) is 0 Å². The second-order valence-electron chi connectivity index (χ2n) is 3.79. The minimum atomic E-state index is 0.187. The molecule has 0 amide bonds. The molecule has 5 heteroatoms. The normalized spacial score (nSPS) is 10.7. The van der Waals surface area contributed by atoms with E-state index in [9.17, 15) is 5.11 Å². The lowest BCUT2D eigenvalue weighted by atomic mass is 10.2. The lowest BCUT2D eigenvalue weighted by molar-refractivity contribution is 0.478. The van der Waals surface area contributed by atoms with Crippen LogP contribution in [0.3, 0.4) is 0 Å². The predicted molar refractivity (Wildman–Crippen MR) is 76.0 cm³/mol. The van der Waals surface area contributed by atoms with Crippen LogP contribution in [0.15, 0.2) is 41.9 Å². The Morgan fingerprint density at radius 1 is 1.17 bits per heavy atom. The number of halogens is 1. The lowest BCUT2D eigenvalue weighted by Gasteiger charge is -2.09. The van der Waals surface area contributed by atoms with Crippen molar-refractivity contribution in [1.82, 2.24) is 4.98 Å². The summed E-state index contributed by atoms with van der Waals surface area (Å²) >= 11 is 7.56. The van der Waals surface area contributed by atoms with Crippen LogP contribution in [0.4, 0.5) is 11.4 Å². The molecule has 3 aromatic rings. The third-order valence-electron chi connectivity index (χ3n) is 2.59. The lowest BCUT2D eigenvalue weighted by Crippen LogP contribution is -1.91. The highest BCUT2D eigenvalue weighted by molar-refractivity contribution is 7.16. The van der Waals surface area contributed by atoms with Gasteiger partial charge in [-0.15, -0.1) is 11.3 Å². The number of para-hydroxylation sites is 1. The van der Waals surface area contributed by atoms with E-state index in [4.69, 9.17) is 11.6 Å². The second kappa shape index (κ2) is 4.48. The van der Waals surface area contributed by atoms with Crippen LogP contribution in [0, 0.1) is 0 Å². The van der Waals surface area contributed by atoms with E-state index in [0.717, 1.165) is 15.9 Å². The first-order chi connectivity index (χ1) is 8.74. The summed E-state index contributed by atoms with van der Waals surface area (Å²) in [5.74, 6) is 0.187. The Hall–Kier alpha value is -1.78. The first-order valence-corrected chi connectivity index (χ1v) is 6.57. The Kier molecular flexibility index (Phi) is 2.81. The Morgan fingerprint density at radius 3 is 2.83 bits per heavy atom. The van der Waals surface area contributed by atoms with Gasteiger partial charge in [0.25, 0.3) is 0 Å². The van der Waals surface area contributed by atoms with Crippen LogP contribution in [0.25, 0.3) is 10.2 Å². The quantitative estimate of drug-likeness (QED) is 0.682. The van der Waals surface area contributed by atoms with Gasteiger partial charge in [-0.25, -0.2) is 4.98 Å². The molecule has 0 aliphatic carbocycles. The molecule has 90 valence electrons. The summed E-state index contributed by atoms with van der Waals surface area (Å²) in [5.41, 5.74) is 3.96. The van der Waals surface area contributed by atoms with Crippen molar-refractivity contribution in [3.8, 4) is 5.75 Å². The van der Waals surface area contributed by atoms with Crippen LogP contribution in [0.2, 0.25) is 5.02 Å².